The van der Waals surface area contributed by atoms with E-state index in [-0.39, 0.29) is 5.82 Å². The lowest BCUT2D eigenvalue weighted by atomic mass is 10.1. The largest absolute Gasteiger partial charge is 0.444 e. The van der Waals surface area contributed by atoms with Crippen LogP contribution in [0.25, 0.3) is 6.08 Å². The molecule has 0 bridgehead atoms. The molecule has 1 aromatic carbocycles. The van der Waals surface area contributed by atoms with Crippen LogP contribution >= 0.6 is 0 Å². The lowest BCUT2D eigenvalue weighted by molar-refractivity contribution is 0.0529. The van der Waals surface area contributed by atoms with Gasteiger partial charge in [-0.2, -0.15) is 0 Å². The van der Waals surface area contributed by atoms with Crippen LogP contribution in [0.15, 0.2) is 18.2 Å². The maximum atomic E-state index is 13.3. The molecule has 3 N–H and O–H groups in total. The first kappa shape index (κ1) is 17.0. The number of amides is 1. The predicted molar refractivity (Wildman–Crippen MR) is 83.4 cm³/mol. The van der Waals surface area contributed by atoms with Crippen molar-refractivity contribution in [3.05, 3.63) is 35.2 Å². The topological polar surface area (TPSA) is 64.3 Å². The summed E-state index contributed by atoms with van der Waals surface area (Å²) in [6.45, 7) is 7.63. The van der Waals surface area contributed by atoms with Gasteiger partial charge >= 0.3 is 6.09 Å². The van der Waals surface area contributed by atoms with Gasteiger partial charge in [0.15, 0.2) is 0 Å². The number of anilines is 1. The zero-order chi connectivity index (χ0) is 16.0. The molecular weight excluding hydrogens is 271 g/mol. The average molecular weight is 294 g/mol. The third-order valence-electron chi connectivity index (χ3n) is 2.66. The van der Waals surface area contributed by atoms with Crippen molar-refractivity contribution in [2.45, 2.75) is 39.7 Å². The second-order valence-corrected chi connectivity index (χ2v) is 5.85. The second-order valence-electron chi connectivity index (χ2n) is 5.85. The molecule has 0 radical (unpaired) electrons. The monoisotopic (exact) mass is 294 g/mol. The smallest absolute Gasteiger partial charge is 0.407 e. The van der Waals surface area contributed by atoms with Crippen LogP contribution < -0.4 is 11.1 Å². The summed E-state index contributed by atoms with van der Waals surface area (Å²) in [6.07, 6.45) is 3.75. The molecule has 0 unspecified atom stereocenters. The number of hydrogen-bond acceptors (Lipinski definition) is 3. The Morgan fingerprint density at radius 2 is 2.10 bits per heavy atom. The number of carbonyl (C=O) groups is 1. The summed E-state index contributed by atoms with van der Waals surface area (Å²) in [5, 5.41) is 2.65. The second kappa shape index (κ2) is 7.11. The maximum Gasteiger partial charge on any atom is 0.407 e. The fourth-order valence-electron chi connectivity index (χ4n) is 1.70. The van der Waals surface area contributed by atoms with Gasteiger partial charge in [-0.1, -0.05) is 12.2 Å². The van der Waals surface area contributed by atoms with Gasteiger partial charge in [0.2, 0.25) is 0 Å². The SMILES string of the molecule is Cc1cc(F)cc(C=CCCNC(=O)OC(C)(C)C)c1N. The van der Waals surface area contributed by atoms with Crippen molar-refractivity contribution >= 4 is 17.9 Å². The van der Waals surface area contributed by atoms with Crippen LogP contribution in [0.3, 0.4) is 0 Å². The molecule has 1 aromatic rings. The molecule has 1 amide bonds. The van der Waals surface area contributed by atoms with E-state index in [2.05, 4.69) is 5.32 Å². The predicted octanol–water partition coefficient (Wildman–Crippen LogP) is 3.64. The number of benzene rings is 1. The molecular formula is C16H23FN2O2. The Morgan fingerprint density at radius 1 is 1.43 bits per heavy atom. The number of nitrogen functional groups attached to an aromatic ring is 1. The van der Waals surface area contributed by atoms with E-state index in [4.69, 9.17) is 10.5 Å². The first-order valence-corrected chi connectivity index (χ1v) is 6.88. The van der Waals surface area contributed by atoms with Crippen molar-refractivity contribution in [2.24, 2.45) is 0 Å². The number of rotatable bonds is 4. The molecule has 0 heterocycles. The van der Waals surface area contributed by atoms with Crippen LogP contribution in [0.5, 0.6) is 0 Å². The van der Waals surface area contributed by atoms with E-state index in [1.165, 1.54) is 12.1 Å². The van der Waals surface area contributed by atoms with Crippen LogP contribution in [0.1, 0.15) is 38.3 Å². The number of aryl methyl sites for hydroxylation is 1. The first-order chi connectivity index (χ1) is 9.69. The Bertz CT molecular complexity index is 534. The van der Waals surface area contributed by atoms with E-state index in [1.807, 2.05) is 26.8 Å². The summed E-state index contributed by atoms with van der Waals surface area (Å²) in [4.78, 5) is 11.4. The number of carbonyl (C=O) groups excluding carboxylic acids is 1. The van der Waals surface area contributed by atoms with Crippen molar-refractivity contribution in [2.75, 3.05) is 12.3 Å². The molecule has 0 aliphatic heterocycles. The van der Waals surface area contributed by atoms with Crippen molar-refractivity contribution in [3.63, 3.8) is 0 Å². The molecule has 0 spiro atoms. The fraction of sp³-hybridized carbons (Fsp3) is 0.438. The highest BCUT2D eigenvalue weighted by atomic mass is 19.1. The van der Waals surface area contributed by atoms with Gasteiger partial charge in [-0.25, -0.2) is 9.18 Å². The lowest BCUT2D eigenvalue weighted by Gasteiger charge is -2.19. The Labute approximate surface area is 125 Å². The lowest BCUT2D eigenvalue weighted by Crippen LogP contribution is -2.32. The summed E-state index contributed by atoms with van der Waals surface area (Å²) in [7, 11) is 0. The minimum Gasteiger partial charge on any atom is -0.444 e. The summed E-state index contributed by atoms with van der Waals surface area (Å²) < 4.78 is 18.4. The third kappa shape index (κ3) is 6.29. The minimum absolute atomic E-state index is 0.312. The fourth-order valence-corrected chi connectivity index (χ4v) is 1.70. The van der Waals surface area contributed by atoms with Gasteiger partial charge in [-0.15, -0.1) is 0 Å². The Morgan fingerprint density at radius 3 is 2.71 bits per heavy atom. The Kier molecular flexibility index (Phi) is 5.76. The number of halogens is 1. The number of alkyl carbamates (subject to hydrolysis) is 1. The van der Waals surface area contributed by atoms with E-state index in [9.17, 15) is 9.18 Å². The molecule has 0 aliphatic carbocycles. The van der Waals surface area contributed by atoms with Gasteiger partial charge in [-0.05, 0) is 51.8 Å². The highest BCUT2D eigenvalue weighted by Gasteiger charge is 2.15. The van der Waals surface area contributed by atoms with Crippen molar-refractivity contribution in [3.8, 4) is 0 Å². The highest BCUT2D eigenvalue weighted by Crippen LogP contribution is 2.20. The number of nitrogens with one attached hydrogen (secondary N) is 1. The molecule has 0 saturated heterocycles. The van der Waals surface area contributed by atoms with Crippen molar-refractivity contribution in [1.29, 1.82) is 0 Å². The van der Waals surface area contributed by atoms with Crippen LogP contribution in [0, 0.1) is 12.7 Å². The molecule has 0 saturated carbocycles. The summed E-state index contributed by atoms with van der Waals surface area (Å²) in [5.74, 6) is -0.312. The molecule has 1 rings (SSSR count). The van der Waals surface area contributed by atoms with Crippen molar-refractivity contribution in [1.82, 2.24) is 5.32 Å². The highest BCUT2D eigenvalue weighted by molar-refractivity contribution is 5.68. The summed E-state index contributed by atoms with van der Waals surface area (Å²) in [6, 6.07) is 2.79. The van der Waals surface area contributed by atoms with E-state index in [0.29, 0.717) is 29.8 Å². The molecule has 116 valence electrons. The van der Waals surface area contributed by atoms with Crippen LogP contribution in [0.4, 0.5) is 14.9 Å². The van der Waals surface area contributed by atoms with Gasteiger partial charge in [-0.3, -0.25) is 0 Å². The van der Waals surface area contributed by atoms with Gasteiger partial charge in [0.25, 0.3) is 0 Å². The molecule has 0 fully saturated rings. The van der Waals surface area contributed by atoms with E-state index in [0.717, 1.165) is 0 Å². The van der Waals surface area contributed by atoms with Crippen LogP contribution in [-0.4, -0.2) is 18.2 Å². The van der Waals surface area contributed by atoms with Gasteiger partial charge in [0.1, 0.15) is 11.4 Å². The number of hydrogen-bond donors (Lipinski definition) is 2. The summed E-state index contributed by atoms with van der Waals surface area (Å²) >= 11 is 0. The zero-order valence-electron chi connectivity index (χ0n) is 13.0. The molecule has 0 atom stereocenters. The third-order valence-corrected chi connectivity index (χ3v) is 2.66. The number of ether oxygens (including phenoxy) is 1. The van der Waals surface area contributed by atoms with Gasteiger partial charge < -0.3 is 15.8 Å². The standard InChI is InChI=1S/C16H23FN2O2/c1-11-9-13(17)10-12(14(11)18)7-5-6-8-19-15(20)21-16(2,3)4/h5,7,9-10H,6,8,18H2,1-4H3,(H,19,20). The molecule has 0 aliphatic rings. The quantitative estimate of drug-likeness (QED) is 0.658. The van der Waals surface area contributed by atoms with Crippen molar-refractivity contribution < 1.29 is 13.9 Å². The normalized spacial score (nSPS) is 11.7. The van der Waals surface area contributed by atoms with Crippen LogP contribution in [-0.2, 0) is 4.74 Å². The molecule has 0 aromatic heterocycles. The molecule has 5 heteroatoms. The van der Waals surface area contributed by atoms with E-state index >= 15 is 0 Å². The van der Waals surface area contributed by atoms with Gasteiger partial charge in [0, 0.05) is 17.8 Å². The number of nitrogens with two attached hydrogens (primary N) is 1. The first-order valence-electron chi connectivity index (χ1n) is 6.88. The Hall–Kier alpha value is -2.04. The van der Waals surface area contributed by atoms with Crippen LogP contribution in [0.2, 0.25) is 0 Å². The zero-order valence-corrected chi connectivity index (χ0v) is 13.0. The van der Waals surface area contributed by atoms with E-state index in [1.54, 1.807) is 13.0 Å². The average Bonchev–Trinajstić information content (AvgIpc) is 2.32. The molecule has 21 heavy (non-hydrogen) atoms. The maximum absolute atomic E-state index is 13.3. The van der Waals surface area contributed by atoms with E-state index < -0.39 is 11.7 Å². The molecule has 4 nitrogen and oxygen atoms in total. The van der Waals surface area contributed by atoms with Gasteiger partial charge in [0.05, 0.1) is 0 Å². The summed E-state index contributed by atoms with van der Waals surface area (Å²) in [5.41, 5.74) is 7.29. The Balaban J connectivity index is 2.45. The minimum atomic E-state index is -0.506.